The van der Waals surface area contributed by atoms with Crippen LogP contribution in [0.3, 0.4) is 0 Å². The molecular formula is C21H29N3O6. The Kier molecular flexibility index (Phi) is 12.2. The van der Waals surface area contributed by atoms with Gasteiger partial charge in [-0.15, -0.1) is 0 Å². The summed E-state index contributed by atoms with van der Waals surface area (Å²) in [6.07, 6.45) is 2.08. The highest BCUT2D eigenvalue weighted by Crippen LogP contribution is 2.11. The van der Waals surface area contributed by atoms with Gasteiger partial charge in [0.2, 0.25) is 11.8 Å². The second-order valence-corrected chi connectivity index (χ2v) is 6.43. The number of amides is 2. The molecule has 9 heteroatoms. The van der Waals surface area contributed by atoms with Gasteiger partial charge in [0.15, 0.2) is 5.78 Å². The summed E-state index contributed by atoms with van der Waals surface area (Å²) in [5.41, 5.74) is 2.17. The molecule has 0 aliphatic carbocycles. The molecule has 164 valence electrons. The van der Waals surface area contributed by atoms with Crippen molar-refractivity contribution < 1.29 is 28.7 Å². The zero-order valence-corrected chi connectivity index (χ0v) is 17.4. The van der Waals surface area contributed by atoms with Gasteiger partial charge in [0.25, 0.3) is 6.47 Å². The monoisotopic (exact) mass is 419 g/mol. The number of ketones is 1. The van der Waals surface area contributed by atoms with Crippen LogP contribution in [0.1, 0.15) is 25.3 Å². The summed E-state index contributed by atoms with van der Waals surface area (Å²) in [7, 11) is 1.75. The summed E-state index contributed by atoms with van der Waals surface area (Å²) in [5, 5.41) is 8.13. The van der Waals surface area contributed by atoms with Gasteiger partial charge in [0.1, 0.15) is 6.42 Å². The Labute approximate surface area is 176 Å². The second-order valence-electron chi connectivity index (χ2n) is 6.43. The third kappa shape index (κ3) is 11.6. The third-order valence-electron chi connectivity index (χ3n) is 3.90. The van der Waals surface area contributed by atoms with Crippen molar-refractivity contribution in [3.8, 4) is 0 Å². The molecule has 30 heavy (non-hydrogen) atoms. The van der Waals surface area contributed by atoms with Gasteiger partial charge in [-0.1, -0.05) is 12.1 Å². The van der Waals surface area contributed by atoms with Crippen LogP contribution in [0.25, 0.3) is 0 Å². The van der Waals surface area contributed by atoms with Crippen molar-refractivity contribution in [2.24, 2.45) is 0 Å². The molecule has 1 rings (SSSR count). The number of carbonyl (C=O) groups excluding carboxylic acids is 4. The predicted molar refractivity (Wildman–Crippen MR) is 112 cm³/mol. The van der Waals surface area contributed by atoms with Crippen LogP contribution in [-0.4, -0.2) is 57.5 Å². The Balaban J connectivity index is 2.26. The van der Waals surface area contributed by atoms with E-state index in [2.05, 4.69) is 20.7 Å². The normalized spacial score (nSPS) is 10.8. The molecular weight excluding hydrogens is 390 g/mol. The van der Waals surface area contributed by atoms with Crippen LogP contribution in [0.2, 0.25) is 0 Å². The number of allylic oxidation sites excluding steroid dienone is 2. The molecule has 0 radical (unpaired) electrons. The summed E-state index contributed by atoms with van der Waals surface area (Å²) in [4.78, 5) is 45.6. The van der Waals surface area contributed by atoms with Crippen LogP contribution in [-0.2, 0) is 35.1 Å². The highest BCUT2D eigenvalue weighted by Gasteiger charge is 2.09. The van der Waals surface area contributed by atoms with Crippen LogP contribution in [0, 0.1) is 0 Å². The molecule has 1 aromatic carbocycles. The number of benzene rings is 1. The van der Waals surface area contributed by atoms with Crippen LogP contribution < -0.4 is 16.0 Å². The molecule has 0 saturated heterocycles. The maximum absolute atomic E-state index is 12.0. The van der Waals surface area contributed by atoms with E-state index in [-0.39, 0.29) is 25.2 Å². The van der Waals surface area contributed by atoms with Crippen LogP contribution >= 0.6 is 0 Å². The number of carbonyl (C=O) groups is 4. The van der Waals surface area contributed by atoms with Crippen molar-refractivity contribution in [2.75, 3.05) is 38.7 Å². The van der Waals surface area contributed by atoms with E-state index < -0.39 is 11.8 Å². The van der Waals surface area contributed by atoms with Crippen molar-refractivity contribution in [1.29, 1.82) is 0 Å². The Hall–Kier alpha value is -3.20. The van der Waals surface area contributed by atoms with Gasteiger partial charge < -0.3 is 25.4 Å². The lowest BCUT2D eigenvalue weighted by Gasteiger charge is -2.08. The molecule has 0 aromatic heterocycles. The van der Waals surface area contributed by atoms with E-state index in [0.29, 0.717) is 38.4 Å². The molecule has 0 atom stereocenters. The van der Waals surface area contributed by atoms with Gasteiger partial charge >= 0.3 is 0 Å². The molecule has 9 nitrogen and oxygen atoms in total. The lowest BCUT2D eigenvalue weighted by Crippen LogP contribution is -2.30. The standard InChI is InChI=1S/C21H29N3O6/c1-16(22-2)12-19(26)13-17-4-6-18(7-5-17)24-21(28)14-20(27)23-8-11-29-9-3-10-30-15-25/h4-7,12,15,22H,3,8-11,13-14H2,1-2H3,(H,23,27)(H,24,28)/b16-12-. The number of rotatable bonds is 15. The first-order chi connectivity index (χ1) is 14.4. The van der Waals surface area contributed by atoms with Crippen LogP contribution in [0.4, 0.5) is 5.69 Å². The highest BCUT2D eigenvalue weighted by atomic mass is 16.5. The Morgan fingerprint density at radius 1 is 1.03 bits per heavy atom. The molecule has 1 aromatic rings. The predicted octanol–water partition coefficient (Wildman–Crippen LogP) is 0.946. The first kappa shape index (κ1) is 24.8. The SMILES string of the molecule is CN/C(C)=C\C(=O)Cc1ccc(NC(=O)CC(=O)NCCOCCCOC=O)cc1. The van der Waals surface area contributed by atoms with Crippen LogP contribution in [0.15, 0.2) is 36.0 Å². The number of hydrogen-bond donors (Lipinski definition) is 3. The molecule has 0 saturated carbocycles. The highest BCUT2D eigenvalue weighted by molar-refractivity contribution is 6.03. The molecule has 0 bridgehead atoms. The van der Waals surface area contributed by atoms with Crippen molar-refractivity contribution in [2.45, 2.75) is 26.2 Å². The third-order valence-corrected chi connectivity index (χ3v) is 3.90. The van der Waals surface area contributed by atoms with Gasteiger partial charge in [0, 0.05) is 50.5 Å². The zero-order chi connectivity index (χ0) is 22.2. The van der Waals surface area contributed by atoms with E-state index in [0.717, 1.165) is 11.3 Å². The fourth-order valence-corrected chi connectivity index (χ4v) is 2.34. The molecule has 3 N–H and O–H groups in total. The number of ether oxygens (including phenoxy) is 2. The Bertz CT molecular complexity index is 731. The average molecular weight is 419 g/mol. The molecule has 2 amide bonds. The first-order valence-electron chi connectivity index (χ1n) is 9.62. The fourth-order valence-electron chi connectivity index (χ4n) is 2.34. The van der Waals surface area contributed by atoms with Crippen molar-refractivity contribution >= 4 is 29.8 Å². The molecule has 0 fully saturated rings. The first-order valence-corrected chi connectivity index (χ1v) is 9.62. The minimum atomic E-state index is -0.434. The lowest BCUT2D eigenvalue weighted by atomic mass is 10.1. The van der Waals surface area contributed by atoms with E-state index in [4.69, 9.17) is 4.74 Å². The largest absolute Gasteiger partial charge is 0.468 e. The molecule has 0 aliphatic rings. The number of nitrogens with one attached hydrogen (secondary N) is 3. The molecule has 0 spiro atoms. The zero-order valence-electron chi connectivity index (χ0n) is 17.4. The lowest BCUT2D eigenvalue weighted by molar-refractivity contribution is -0.129. The van der Waals surface area contributed by atoms with Crippen LogP contribution in [0.5, 0.6) is 0 Å². The summed E-state index contributed by atoms with van der Waals surface area (Å²) < 4.78 is 9.77. The second kappa shape index (κ2) is 14.7. The summed E-state index contributed by atoms with van der Waals surface area (Å²) >= 11 is 0. The summed E-state index contributed by atoms with van der Waals surface area (Å²) in [6, 6.07) is 6.89. The van der Waals surface area contributed by atoms with Gasteiger partial charge in [-0.05, 0) is 24.6 Å². The van der Waals surface area contributed by atoms with Crippen molar-refractivity contribution in [1.82, 2.24) is 10.6 Å². The van der Waals surface area contributed by atoms with E-state index >= 15 is 0 Å². The fraction of sp³-hybridized carbons (Fsp3) is 0.429. The molecule has 0 heterocycles. The molecule has 0 aliphatic heterocycles. The summed E-state index contributed by atoms with van der Waals surface area (Å²) in [5.74, 6) is -0.862. The maximum Gasteiger partial charge on any atom is 0.293 e. The van der Waals surface area contributed by atoms with Crippen molar-refractivity contribution in [3.05, 3.63) is 41.6 Å². The van der Waals surface area contributed by atoms with Gasteiger partial charge in [0.05, 0.1) is 13.2 Å². The van der Waals surface area contributed by atoms with Gasteiger partial charge in [-0.25, -0.2) is 0 Å². The number of hydrogen-bond acceptors (Lipinski definition) is 7. The topological polar surface area (TPSA) is 123 Å². The van der Waals surface area contributed by atoms with E-state index in [1.54, 1.807) is 37.4 Å². The van der Waals surface area contributed by atoms with Gasteiger partial charge in [-0.2, -0.15) is 0 Å². The minimum absolute atomic E-state index is 0.0198. The van der Waals surface area contributed by atoms with Gasteiger partial charge in [-0.3, -0.25) is 19.2 Å². The van der Waals surface area contributed by atoms with E-state index in [9.17, 15) is 19.2 Å². The Morgan fingerprint density at radius 3 is 2.43 bits per heavy atom. The average Bonchev–Trinajstić information content (AvgIpc) is 2.71. The quantitative estimate of drug-likeness (QED) is 0.167. The number of anilines is 1. The van der Waals surface area contributed by atoms with E-state index in [1.165, 1.54) is 0 Å². The maximum atomic E-state index is 12.0. The van der Waals surface area contributed by atoms with E-state index in [1.807, 2.05) is 6.92 Å². The molecule has 0 unspecified atom stereocenters. The smallest absolute Gasteiger partial charge is 0.293 e. The summed E-state index contributed by atoms with van der Waals surface area (Å²) in [6.45, 7) is 3.48. The van der Waals surface area contributed by atoms with Crippen molar-refractivity contribution in [3.63, 3.8) is 0 Å². The Morgan fingerprint density at radius 2 is 1.77 bits per heavy atom. The minimum Gasteiger partial charge on any atom is -0.468 e.